The molecule has 0 aliphatic carbocycles. The van der Waals surface area contributed by atoms with Gasteiger partial charge in [-0.25, -0.2) is 4.98 Å². The molecule has 1 amide bonds. The zero-order valence-electron chi connectivity index (χ0n) is 10.8. The number of carbonyl (C=O) groups is 1. The van der Waals surface area contributed by atoms with Crippen molar-refractivity contribution in [1.82, 2.24) is 10.3 Å². The van der Waals surface area contributed by atoms with Gasteiger partial charge >= 0.3 is 0 Å². The van der Waals surface area contributed by atoms with Gasteiger partial charge in [0.05, 0.1) is 6.04 Å². The van der Waals surface area contributed by atoms with Gasteiger partial charge in [0.15, 0.2) is 0 Å². The molecule has 4 nitrogen and oxygen atoms in total. The van der Waals surface area contributed by atoms with Crippen molar-refractivity contribution >= 4 is 24.1 Å². The van der Waals surface area contributed by atoms with Gasteiger partial charge in [-0.15, -0.1) is 12.4 Å². The highest BCUT2D eigenvalue weighted by Gasteiger charge is 2.24. The first kappa shape index (κ1) is 14.9. The summed E-state index contributed by atoms with van der Waals surface area (Å²) in [4.78, 5) is 16.2. The Morgan fingerprint density at radius 3 is 2.89 bits per heavy atom. The van der Waals surface area contributed by atoms with Crippen molar-refractivity contribution in [2.45, 2.75) is 32.7 Å². The SMILES string of the molecule is Cc1ccc(NC(=O)C2CC(C)CCN2)nc1.Cl. The van der Waals surface area contributed by atoms with Crippen LogP contribution in [0.5, 0.6) is 0 Å². The molecule has 1 aromatic heterocycles. The molecule has 0 saturated carbocycles. The van der Waals surface area contributed by atoms with Crippen molar-refractivity contribution in [2.24, 2.45) is 5.92 Å². The average Bonchev–Trinajstić information content (AvgIpc) is 2.32. The summed E-state index contributed by atoms with van der Waals surface area (Å²) in [5.41, 5.74) is 1.09. The van der Waals surface area contributed by atoms with Gasteiger partial charge in [-0.3, -0.25) is 4.79 Å². The van der Waals surface area contributed by atoms with E-state index in [1.54, 1.807) is 6.20 Å². The number of halogens is 1. The van der Waals surface area contributed by atoms with Gasteiger partial charge in [0.25, 0.3) is 0 Å². The minimum absolute atomic E-state index is 0. The minimum Gasteiger partial charge on any atom is -0.309 e. The van der Waals surface area contributed by atoms with Crippen LogP contribution < -0.4 is 10.6 Å². The third-order valence-electron chi connectivity index (χ3n) is 3.15. The summed E-state index contributed by atoms with van der Waals surface area (Å²) in [7, 11) is 0. The first-order valence-corrected chi connectivity index (χ1v) is 6.12. The maximum Gasteiger partial charge on any atom is 0.242 e. The third-order valence-corrected chi connectivity index (χ3v) is 3.15. The summed E-state index contributed by atoms with van der Waals surface area (Å²) in [6.07, 6.45) is 3.80. The molecule has 2 unspecified atom stereocenters. The molecule has 2 heterocycles. The lowest BCUT2D eigenvalue weighted by Crippen LogP contribution is -2.45. The van der Waals surface area contributed by atoms with E-state index in [1.807, 2.05) is 19.1 Å². The van der Waals surface area contributed by atoms with E-state index in [0.717, 1.165) is 24.9 Å². The van der Waals surface area contributed by atoms with Crippen LogP contribution in [0.3, 0.4) is 0 Å². The van der Waals surface area contributed by atoms with E-state index in [0.29, 0.717) is 11.7 Å². The molecule has 2 atom stereocenters. The Morgan fingerprint density at radius 2 is 2.28 bits per heavy atom. The van der Waals surface area contributed by atoms with Crippen molar-refractivity contribution < 1.29 is 4.79 Å². The number of nitrogens with one attached hydrogen (secondary N) is 2. The molecule has 18 heavy (non-hydrogen) atoms. The van der Waals surface area contributed by atoms with Gasteiger partial charge in [0.2, 0.25) is 5.91 Å². The second-order valence-corrected chi connectivity index (χ2v) is 4.85. The number of aryl methyl sites for hydroxylation is 1. The fourth-order valence-electron chi connectivity index (χ4n) is 2.06. The molecule has 1 saturated heterocycles. The fourth-order valence-corrected chi connectivity index (χ4v) is 2.06. The number of hydrogen-bond donors (Lipinski definition) is 2. The highest BCUT2D eigenvalue weighted by atomic mass is 35.5. The Morgan fingerprint density at radius 1 is 1.50 bits per heavy atom. The molecule has 1 aliphatic heterocycles. The van der Waals surface area contributed by atoms with E-state index in [2.05, 4.69) is 22.5 Å². The van der Waals surface area contributed by atoms with Crippen LogP contribution >= 0.6 is 12.4 Å². The van der Waals surface area contributed by atoms with Crippen molar-refractivity contribution in [2.75, 3.05) is 11.9 Å². The average molecular weight is 270 g/mol. The summed E-state index contributed by atoms with van der Waals surface area (Å²) < 4.78 is 0. The standard InChI is InChI=1S/C13H19N3O.ClH/c1-9-5-6-14-11(7-9)13(17)16-12-4-3-10(2)8-15-12;/h3-4,8-9,11,14H,5-7H2,1-2H3,(H,15,16,17);1H. The van der Waals surface area contributed by atoms with Gasteiger partial charge < -0.3 is 10.6 Å². The van der Waals surface area contributed by atoms with Gasteiger partial charge in [0.1, 0.15) is 5.82 Å². The number of amides is 1. The molecular weight excluding hydrogens is 250 g/mol. The molecule has 100 valence electrons. The monoisotopic (exact) mass is 269 g/mol. The predicted octanol–water partition coefficient (Wildman–Crippen LogP) is 2.14. The van der Waals surface area contributed by atoms with Gasteiger partial charge in [0, 0.05) is 6.20 Å². The molecule has 1 fully saturated rings. The molecule has 2 N–H and O–H groups in total. The Bertz CT molecular complexity index is 394. The topological polar surface area (TPSA) is 54.0 Å². The molecule has 2 rings (SSSR count). The highest BCUT2D eigenvalue weighted by molar-refractivity contribution is 5.94. The predicted molar refractivity (Wildman–Crippen MR) is 75.0 cm³/mol. The normalized spacial score (nSPS) is 23.0. The number of hydrogen-bond acceptors (Lipinski definition) is 3. The fraction of sp³-hybridized carbons (Fsp3) is 0.538. The van der Waals surface area contributed by atoms with Crippen molar-refractivity contribution in [3.05, 3.63) is 23.9 Å². The zero-order valence-corrected chi connectivity index (χ0v) is 11.6. The van der Waals surface area contributed by atoms with Crippen LogP contribution in [0.4, 0.5) is 5.82 Å². The van der Waals surface area contributed by atoms with E-state index in [1.165, 1.54) is 0 Å². The number of piperidine rings is 1. The molecule has 1 aliphatic rings. The number of carbonyl (C=O) groups excluding carboxylic acids is 1. The first-order valence-electron chi connectivity index (χ1n) is 6.12. The van der Waals surface area contributed by atoms with Crippen LogP contribution in [0.2, 0.25) is 0 Å². The van der Waals surface area contributed by atoms with Crippen molar-refractivity contribution in [3.8, 4) is 0 Å². The number of pyridine rings is 1. The van der Waals surface area contributed by atoms with E-state index in [9.17, 15) is 4.79 Å². The lowest BCUT2D eigenvalue weighted by molar-refractivity contribution is -0.119. The zero-order chi connectivity index (χ0) is 12.3. The van der Waals surface area contributed by atoms with E-state index < -0.39 is 0 Å². The second kappa shape index (κ2) is 6.71. The first-order chi connectivity index (χ1) is 8.15. The Labute approximate surface area is 114 Å². The third kappa shape index (κ3) is 3.96. The van der Waals surface area contributed by atoms with Crippen molar-refractivity contribution in [1.29, 1.82) is 0 Å². The van der Waals surface area contributed by atoms with Gasteiger partial charge in [-0.1, -0.05) is 13.0 Å². The molecule has 5 heteroatoms. The van der Waals surface area contributed by atoms with E-state index in [-0.39, 0.29) is 24.4 Å². The molecule has 0 bridgehead atoms. The minimum atomic E-state index is -0.0816. The number of anilines is 1. The maximum absolute atomic E-state index is 12.0. The van der Waals surface area contributed by atoms with Crippen LogP contribution in [-0.4, -0.2) is 23.5 Å². The van der Waals surface area contributed by atoms with Gasteiger partial charge in [-0.05, 0) is 43.9 Å². The summed E-state index contributed by atoms with van der Waals surface area (Å²) in [5.74, 6) is 1.26. The van der Waals surface area contributed by atoms with Crippen molar-refractivity contribution in [3.63, 3.8) is 0 Å². The summed E-state index contributed by atoms with van der Waals surface area (Å²) in [6, 6.07) is 3.70. The van der Waals surface area contributed by atoms with Crippen LogP contribution in [0, 0.1) is 12.8 Å². The Balaban J connectivity index is 0.00000162. The van der Waals surface area contributed by atoms with Gasteiger partial charge in [-0.2, -0.15) is 0 Å². The Kier molecular flexibility index (Phi) is 5.56. The lowest BCUT2D eigenvalue weighted by Gasteiger charge is -2.27. The second-order valence-electron chi connectivity index (χ2n) is 4.85. The maximum atomic E-state index is 12.0. The van der Waals surface area contributed by atoms with E-state index in [4.69, 9.17) is 0 Å². The molecule has 0 spiro atoms. The number of rotatable bonds is 2. The van der Waals surface area contributed by atoms with Crippen LogP contribution in [0.1, 0.15) is 25.3 Å². The van der Waals surface area contributed by atoms with Crippen LogP contribution in [-0.2, 0) is 4.79 Å². The van der Waals surface area contributed by atoms with Crippen LogP contribution in [0.25, 0.3) is 0 Å². The smallest absolute Gasteiger partial charge is 0.242 e. The molecular formula is C13H20ClN3O. The summed E-state index contributed by atoms with van der Waals surface area (Å²) >= 11 is 0. The highest BCUT2D eigenvalue weighted by Crippen LogP contribution is 2.16. The molecule has 0 aromatic carbocycles. The molecule has 0 radical (unpaired) electrons. The van der Waals surface area contributed by atoms with Crippen LogP contribution in [0.15, 0.2) is 18.3 Å². The quantitative estimate of drug-likeness (QED) is 0.865. The van der Waals surface area contributed by atoms with E-state index >= 15 is 0 Å². The Hall–Kier alpha value is -1.13. The lowest BCUT2D eigenvalue weighted by atomic mass is 9.94. The summed E-state index contributed by atoms with van der Waals surface area (Å²) in [5, 5.41) is 6.09. The number of aromatic nitrogens is 1. The number of nitrogens with zero attached hydrogens (tertiary/aromatic N) is 1. The largest absolute Gasteiger partial charge is 0.309 e. The summed E-state index contributed by atoms with van der Waals surface area (Å²) in [6.45, 7) is 5.08. The molecule has 1 aromatic rings.